The summed E-state index contributed by atoms with van der Waals surface area (Å²) in [5.74, 6) is 1.55. The highest BCUT2D eigenvalue weighted by Crippen LogP contribution is 2.41. The number of rotatable bonds is 4. The molecule has 114 valence electrons. The van der Waals surface area contributed by atoms with Gasteiger partial charge in [-0.05, 0) is 17.7 Å². The third-order valence-electron chi connectivity index (χ3n) is 3.26. The molecule has 0 aliphatic rings. The molecular formula is C14H14N4O4. The van der Waals surface area contributed by atoms with Crippen LogP contribution in [0.5, 0.6) is 23.3 Å². The van der Waals surface area contributed by atoms with E-state index in [0.29, 0.717) is 28.5 Å². The van der Waals surface area contributed by atoms with E-state index in [9.17, 15) is 5.11 Å². The minimum Gasteiger partial charge on any atom is -0.493 e. The molecule has 0 fully saturated rings. The summed E-state index contributed by atoms with van der Waals surface area (Å²) in [4.78, 5) is 7.83. The molecule has 0 amide bonds. The number of aromatic hydroxyl groups is 1. The molecule has 0 bridgehead atoms. The molecule has 0 atom stereocenters. The van der Waals surface area contributed by atoms with Gasteiger partial charge in [0.15, 0.2) is 17.1 Å². The third-order valence-corrected chi connectivity index (χ3v) is 3.26. The van der Waals surface area contributed by atoms with Gasteiger partial charge in [-0.1, -0.05) is 0 Å². The second-order valence-corrected chi connectivity index (χ2v) is 4.38. The smallest absolute Gasteiger partial charge is 0.318 e. The van der Waals surface area contributed by atoms with Crippen LogP contribution in [0.15, 0.2) is 24.7 Å². The maximum absolute atomic E-state index is 9.70. The van der Waals surface area contributed by atoms with E-state index in [4.69, 9.17) is 14.2 Å². The SMILES string of the molecule is COc1cc(-c2cnn3c(O)ncnc23)cc(OC)c1OC. The third kappa shape index (κ3) is 2.05. The first-order valence-corrected chi connectivity index (χ1v) is 6.37. The van der Waals surface area contributed by atoms with Gasteiger partial charge in [0.2, 0.25) is 5.75 Å². The van der Waals surface area contributed by atoms with Gasteiger partial charge in [-0.3, -0.25) is 0 Å². The largest absolute Gasteiger partial charge is 0.493 e. The van der Waals surface area contributed by atoms with Crippen molar-refractivity contribution in [2.45, 2.75) is 0 Å². The summed E-state index contributed by atoms with van der Waals surface area (Å²) in [7, 11) is 4.64. The summed E-state index contributed by atoms with van der Waals surface area (Å²) < 4.78 is 17.2. The van der Waals surface area contributed by atoms with Gasteiger partial charge in [-0.2, -0.15) is 14.6 Å². The predicted octanol–water partition coefficient (Wildman–Crippen LogP) is 1.52. The molecule has 0 saturated heterocycles. The van der Waals surface area contributed by atoms with Crippen molar-refractivity contribution in [3.63, 3.8) is 0 Å². The summed E-state index contributed by atoms with van der Waals surface area (Å²) in [6, 6.07) is 3.35. The highest BCUT2D eigenvalue weighted by molar-refractivity contribution is 5.80. The van der Waals surface area contributed by atoms with Crippen molar-refractivity contribution in [3.05, 3.63) is 24.7 Å². The number of aromatic nitrogens is 4. The fourth-order valence-electron chi connectivity index (χ4n) is 2.24. The molecule has 0 radical (unpaired) electrons. The molecule has 22 heavy (non-hydrogen) atoms. The van der Waals surface area contributed by atoms with Gasteiger partial charge in [0.05, 0.1) is 27.5 Å². The Morgan fingerprint density at radius 2 is 1.68 bits per heavy atom. The summed E-state index contributed by atoms with van der Waals surface area (Å²) >= 11 is 0. The molecule has 0 unspecified atom stereocenters. The van der Waals surface area contributed by atoms with Crippen LogP contribution in [-0.4, -0.2) is 46.0 Å². The van der Waals surface area contributed by atoms with Crippen LogP contribution in [0.4, 0.5) is 0 Å². The Morgan fingerprint density at radius 1 is 1.00 bits per heavy atom. The van der Waals surface area contributed by atoms with Crippen molar-refractivity contribution in [2.24, 2.45) is 0 Å². The molecule has 2 heterocycles. The van der Waals surface area contributed by atoms with E-state index in [2.05, 4.69) is 15.1 Å². The van der Waals surface area contributed by atoms with E-state index in [0.717, 1.165) is 5.56 Å². The Balaban J connectivity index is 2.24. The first-order valence-electron chi connectivity index (χ1n) is 6.37. The van der Waals surface area contributed by atoms with Crippen LogP contribution in [0.3, 0.4) is 0 Å². The first kappa shape index (κ1) is 13.9. The lowest BCUT2D eigenvalue weighted by Gasteiger charge is -2.13. The van der Waals surface area contributed by atoms with Gasteiger partial charge in [0, 0.05) is 5.56 Å². The van der Waals surface area contributed by atoms with E-state index < -0.39 is 0 Å². The second kappa shape index (κ2) is 5.40. The van der Waals surface area contributed by atoms with Crippen molar-refractivity contribution in [1.82, 2.24) is 19.6 Å². The Morgan fingerprint density at radius 3 is 2.27 bits per heavy atom. The highest BCUT2D eigenvalue weighted by Gasteiger charge is 2.17. The standard InChI is InChI=1S/C14H14N4O4/c1-20-10-4-8(5-11(21-2)12(10)22-3)9-6-17-18-13(9)15-7-16-14(18)19/h4-7H,1-3H3,(H,15,16,19). The second-order valence-electron chi connectivity index (χ2n) is 4.38. The van der Waals surface area contributed by atoms with Crippen LogP contribution in [0, 0.1) is 0 Å². The normalized spacial score (nSPS) is 10.7. The lowest BCUT2D eigenvalue weighted by molar-refractivity contribution is 0.324. The van der Waals surface area contributed by atoms with Crippen molar-refractivity contribution in [1.29, 1.82) is 0 Å². The van der Waals surface area contributed by atoms with Crippen LogP contribution in [0.1, 0.15) is 0 Å². The van der Waals surface area contributed by atoms with Crippen LogP contribution in [0.2, 0.25) is 0 Å². The van der Waals surface area contributed by atoms with E-state index in [1.54, 1.807) is 39.7 Å². The molecule has 0 aliphatic heterocycles. The quantitative estimate of drug-likeness (QED) is 0.781. The van der Waals surface area contributed by atoms with Gasteiger partial charge in [-0.25, -0.2) is 4.98 Å². The van der Waals surface area contributed by atoms with Crippen LogP contribution >= 0.6 is 0 Å². The molecular weight excluding hydrogens is 288 g/mol. The Bertz CT molecular complexity index is 806. The topological polar surface area (TPSA) is 91.0 Å². The zero-order valence-corrected chi connectivity index (χ0v) is 12.3. The zero-order chi connectivity index (χ0) is 15.7. The predicted molar refractivity (Wildman–Crippen MR) is 77.5 cm³/mol. The molecule has 3 rings (SSSR count). The van der Waals surface area contributed by atoms with Crippen LogP contribution in [-0.2, 0) is 0 Å². The first-order chi connectivity index (χ1) is 10.7. The van der Waals surface area contributed by atoms with Crippen molar-refractivity contribution in [2.75, 3.05) is 21.3 Å². The highest BCUT2D eigenvalue weighted by atomic mass is 16.5. The van der Waals surface area contributed by atoms with Gasteiger partial charge >= 0.3 is 6.01 Å². The molecule has 0 aliphatic carbocycles. The molecule has 8 heteroatoms. The summed E-state index contributed by atoms with van der Waals surface area (Å²) in [5, 5.41) is 13.8. The lowest BCUT2D eigenvalue weighted by atomic mass is 10.1. The molecule has 3 aromatic rings. The van der Waals surface area contributed by atoms with Gasteiger partial charge in [0.1, 0.15) is 6.33 Å². The van der Waals surface area contributed by atoms with Gasteiger partial charge in [0.25, 0.3) is 0 Å². The minimum atomic E-state index is -0.233. The summed E-state index contributed by atoms with van der Waals surface area (Å²) in [5.41, 5.74) is 1.95. The van der Waals surface area contributed by atoms with Crippen LogP contribution < -0.4 is 14.2 Å². The number of hydrogen-bond donors (Lipinski definition) is 1. The fourth-order valence-corrected chi connectivity index (χ4v) is 2.24. The molecule has 2 aromatic heterocycles. The number of hydrogen-bond acceptors (Lipinski definition) is 7. The Labute approximate surface area is 125 Å². The minimum absolute atomic E-state index is 0.233. The van der Waals surface area contributed by atoms with Crippen molar-refractivity contribution >= 4 is 5.65 Å². The number of methoxy groups -OCH3 is 3. The average molecular weight is 302 g/mol. The molecule has 1 aromatic carbocycles. The zero-order valence-electron chi connectivity index (χ0n) is 12.3. The lowest BCUT2D eigenvalue weighted by Crippen LogP contribution is -1.96. The number of nitrogens with zero attached hydrogens (tertiary/aromatic N) is 4. The molecule has 0 spiro atoms. The monoisotopic (exact) mass is 302 g/mol. The Kier molecular flexibility index (Phi) is 3.42. The van der Waals surface area contributed by atoms with E-state index in [1.807, 2.05) is 0 Å². The summed E-state index contributed by atoms with van der Waals surface area (Å²) in [6.07, 6.45) is 2.86. The van der Waals surface area contributed by atoms with Gasteiger partial charge < -0.3 is 19.3 Å². The maximum Gasteiger partial charge on any atom is 0.318 e. The fraction of sp³-hybridized carbons (Fsp3) is 0.214. The maximum atomic E-state index is 9.70. The average Bonchev–Trinajstić information content (AvgIpc) is 2.98. The molecule has 1 N–H and O–H groups in total. The van der Waals surface area contributed by atoms with Crippen molar-refractivity contribution < 1.29 is 19.3 Å². The number of ether oxygens (including phenoxy) is 3. The molecule has 0 saturated carbocycles. The Hall–Kier alpha value is -3.03. The van der Waals surface area contributed by atoms with E-state index in [1.165, 1.54) is 10.8 Å². The van der Waals surface area contributed by atoms with E-state index >= 15 is 0 Å². The van der Waals surface area contributed by atoms with Crippen LogP contribution in [0.25, 0.3) is 16.8 Å². The number of fused-ring (bicyclic) bond motifs is 1. The summed E-state index contributed by atoms with van der Waals surface area (Å²) in [6.45, 7) is 0. The van der Waals surface area contributed by atoms with Crippen molar-refractivity contribution in [3.8, 4) is 34.4 Å². The van der Waals surface area contributed by atoms with Gasteiger partial charge in [-0.15, -0.1) is 0 Å². The number of benzene rings is 1. The van der Waals surface area contributed by atoms with E-state index in [-0.39, 0.29) is 6.01 Å². The molecule has 8 nitrogen and oxygen atoms in total.